The van der Waals surface area contributed by atoms with Crippen molar-refractivity contribution in [3.8, 4) is 11.5 Å². The highest BCUT2D eigenvalue weighted by molar-refractivity contribution is 7.89. The lowest BCUT2D eigenvalue weighted by molar-refractivity contribution is 0.238. The fraction of sp³-hybridized carbons (Fsp3) is 0.435. The van der Waals surface area contributed by atoms with Gasteiger partial charge in [0.15, 0.2) is 11.5 Å². The molecule has 2 amide bonds. The molecule has 8 nitrogen and oxygen atoms in total. The summed E-state index contributed by atoms with van der Waals surface area (Å²) in [6.07, 6.45) is 0.639. The molecule has 0 fully saturated rings. The molecule has 0 saturated heterocycles. The summed E-state index contributed by atoms with van der Waals surface area (Å²) in [6, 6.07) is 11.7. The molecule has 0 aromatic heterocycles. The standard InChI is InChI=1S/C23H33N3O5S/c1-6-26(7-2)32(28,29)20-11-9-19(10-12-20)17(3)25-23(27)24-15-14-18-8-13-21(30-4)22(16-18)31-5/h8-13,16-17H,6-7,14-15H2,1-5H3,(H2,24,25,27)/t17-/m0/s1. The molecule has 0 aliphatic rings. The molecule has 32 heavy (non-hydrogen) atoms. The van der Waals surface area contributed by atoms with Gasteiger partial charge in [-0.2, -0.15) is 4.31 Å². The highest BCUT2D eigenvalue weighted by Gasteiger charge is 2.21. The van der Waals surface area contributed by atoms with Gasteiger partial charge in [0.2, 0.25) is 10.0 Å². The maximum atomic E-state index is 12.6. The highest BCUT2D eigenvalue weighted by atomic mass is 32.2. The number of sulfonamides is 1. The Hall–Kier alpha value is -2.78. The summed E-state index contributed by atoms with van der Waals surface area (Å²) in [7, 11) is -0.329. The van der Waals surface area contributed by atoms with Crippen molar-refractivity contribution in [2.75, 3.05) is 33.9 Å². The molecule has 0 saturated carbocycles. The molecule has 2 rings (SSSR count). The van der Waals surface area contributed by atoms with Crippen LogP contribution in [-0.2, 0) is 16.4 Å². The third-order valence-corrected chi connectivity index (χ3v) is 7.28. The average molecular weight is 464 g/mol. The van der Waals surface area contributed by atoms with Crippen LogP contribution < -0.4 is 20.1 Å². The quantitative estimate of drug-likeness (QED) is 0.533. The summed E-state index contributed by atoms with van der Waals surface area (Å²) in [5.41, 5.74) is 1.83. The van der Waals surface area contributed by atoms with E-state index >= 15 is 0 Å². The first-order valence-corrected chi connectivity index (χ1v) is 12.1. The Labute approximate surface area is 191 Å². The Kier molecular flexibility index (Phi) is 9.34. The van der Waals surface area contributed by atoms with E-state index < -0.39 is 10.0 Å². The molecule has 0 radical (unpaired) electrons. The number of nitrogens with one attached hydrogen (secondary N) is 2. The van der Waals surface area contributed by atoms with Gasteiger partial charge in [-0.05, 0) is 48.7 Å². The molecule has 2 aromatic rings. The zero-order valence-electron chi connectivity index (χ0n) is 19.3. The van der Waals surface area contributed by atoms with Crippen molar-refractivity contribution in [1.82, 2.24) is 14.9 Å². The number of rotatable bonds is 11. The van der Waals surface area contributed by atoms with Crippen LogP contribution in [0.3, 0.4) is 0 Å². The molecule has 1 atom stereocenters. The van der Waals surface area contributed by atoms with E-state index in [0.29, 0.717) is 37.6 Å². The molecule has 176 valence electrons. The first kappa shape index (κ1) is 25.5. The maximum absolute atomic E-state index is 12.6. The van der Waals surface area contributed by atoms with E-state index in [9.17, 15) is 13.2 Å². The Morgan fingerprint density at radius 3 is 2.19 bits per heavy atom. The van der Waals surface area contributed by atoms with Crippen molar-refractivity contribution in [2.24, 2.45) is 0 Å². The lowest BCUT2D eigenvalue weighted by atomic mass is 10.1. The van der Waals surface area contributed by atoms with Gasteiger partial charge >= 0.3 is 6.03 Å². The van der Waals surface area contributed by atoms with E-state index in [1.807, 2.05) is 39.0 Å². The van der Waals surface area contributed by atoms with Crippen LogP contribution >= 0.6 is 0 Å². The Morgan fingerprint density at radius 1 is 1.00 bits per heavy atom. The molecular weight excluding hydrogens is 430 g/mol. The largest absolute Gasteiger partial charge is 0.493 e. The van der Waals surface area contributed by atoms with Gasteiger partial charge < -0.3 is 20.1 Å². The van der Waals surface area contributed by atoms with Gasteiger partial charge in [-0.25, -0.2) is 13.2 Å². The SMILES string of the molecule is CCN(CC)S(=O)(=O)c1ccc([C@H](C)NC(=O)NCCc2ccc(OC)c(OC)c2)cc1. The molecule has 0 aliphatic carbocycles. The van der Waals surface area contributed by atoms with Crippen molar-refractivity contribution in [1.29, 1.82) is 0 Å². The maximum Gasteiger partial charge on any atom is 0.315 e. The molecule has 2 N–H and O–H groups in total. The highest BCUT2D eigenvalue weighted by Crippen LogP contribution is 2.27. The smallest absolute Gasteiger partial charge is 0.315 e. The van der Waals surface area contributed by atoms with Crippen LogP contribution in [0, 0.1) is 0 Å². The number of hydrogen-bond donors (Lipinski definition) is 2. The van der Waals surface area contributed by atoms with Crippen molar-refractivity contribution < 1.29 is 22.7 Å². The molecule has 2 aromatic carbocycles. The number of carbonyl (C=O) groups is 1. The molecule has 0 aliphatic heterocycles. The minimum Gasteiger partial charge on any atom is -0.493 e. The summed E-state index contributed by atoms with van der Waals surface area (Å²) in [6.45, 7) is 6.76. The monoisotopic (exact) mass is 463 g/mol. The van der Waals surface area contributed by atoms with Gasteiger partial charge in [0.25, 0.3) is 0 Å². The van der Waals surface area contributed by atoms with E-state index in [-0.39, 0.29) is 17.0 Å². The van der Waals surface area contributed by atoms with E-state index in [4.69, 9.17) is 9.47 Å². The van der Waals surface area contributed by atoms with Crippen molar-refractivity contribution >= 4 is 16.1 Å². The second-order valence-corrected chi connectivity index (χ2v) is 9.16. The van der Waals surface area contributed by atoms with Crippen molar-refractivity contribution in [2.45, 2.75) is 38.1 Å². The topological polar surface area (TPSA) is 97.0 Å². The van der Waals surface area contributed by atoms with E-state index in [0.717, 1.165) is 11.1 Å². The summed E-state index contributed by atoms with van der Waals surface area (Å²) < 4.78 is 37.1. The van der Waals surface area contributed by atoms with Crippen LogP contribution in [0.25, 0.3) is 0 Å². The Balaban J connectivity index is 1.90. The number of urea groups is 1. The lowest BCUT2D eigenvalue weighted by Crippen LogP contribution is -2.38. The summed E-state index contributed by atoms with van der Waals surface area (Å²) >= 11 is 0. The Bertz CT molecular complexity index is 989. The Morgan fingerprint density at radius 2 is 1.62 bits per heavy atom. The first-order valence-electron chi connectivity index (χ1n) is 10.6. The minimum absolute atomic E-state index is 0.247. The molecule has 0 spiro atoms. The second kappa shape index (κ2) is 11.7. The predicted octanol–water partition coefficient (Wildman–Crippen LogP) is 3.34. The molecule has 9 heteroatoms. The predicted molar refractivity (Wildman–Crippen MR) is 125 cm³/mol. The van der Waals surface area contributed by atoms with Crippen molar-refractivity contribution in [3.05, 3.63) is 53.6 Å². The van der Waals surface area contributed by atoms with Gasteiger partial charge in [0.05, 0.1) is 25.2 Å². The summed E-state index contributed by atoms with van der Waals surface area (Å²) in [4.78, 5) is 12.5. The number of benzene rings is 2. The number of methoxy groups -OCH3 is 2. The lowest BCUT2D eigenvalue weighted by Gasteiger charge is -2.19. The molecule has 0 bridgehead atoms. The van der Waals surface area contributed by atoms with E-state index in [1.54, 1.807) is 38.5 Å². The molecule has 0 unspecified atom stereocenters. The average Bonchev–Trinajstić information content (AvgIpc) is 2.79. The van der Waals surface area contributed by atoms with Crippen LogP contribution in [0.4, 0.5) is 4.79 Å². The fourth-order valence-electron chi connectivity index (χ4n) is 3.33. The van der Waals surface area contributed by atoms with Crippen LogP contribution in [0.15, 0.2) is 47.4 Å². The van der Waals surface area contributed by atoms with Crippen LogP contribution in [0.2, 0.25) is 0 Å². The van der Waals surface area contributed by atoms with E-state index in [1.165, 1.54) is 4.31 Å². The third kappa shape index (κ3) is 6.37. The van der Waals surface area contributed by atoms with Gasteiger partial charge in [0, 0.05) is 19.6 Å². The third-order valence-electron chi connectivity index (χ3n) is 5.22. The molecular formula is C23H33N3O5S. The number of ether oxygens (including phenoxy) is 2. The minimum atomic E-state index is -3.50. The van der Waals surface area contributed by atoms with Crippen molar-refractivity contribution in [3.63, 3.8) is 0 Å². The molecule has 0 heterocycles. The van der Waals surface area contributed by atoms with Gasteiger partial charge in [0.1, 0.15) is 0 Å². The number of amides is 2. The zero-order chi connectivity index (χ0) is 23.7. The number of nitrogens with zero attached hydrogens (tertiary/aromatic N) is 1. The summed E-state index contributed by atoms with van der Waals surface area (Å²) in [5.74, 6) is 1.31. The number of carbonyl (C=O) groups excluding carboxylic acids is 1. The van der Waals surface area contributed by atoms with Gasteiger partial charge in [-0.3, -0.25) is 0 Å². The van der Waals surface area contributed by atoms with Gasteiger partial charge in [-0.1, -0.05) is 32.0 Å². The fourth-order valence-corrected chi connectivity index (χ4v) is 4.79. The second-order valence-electron chi connectivity index (χ2n) is 7.22. The van der Waals surface area contributed by atoms with Crippen LogP contribution in [0.5, 0.6) is 11.5 Å². The van der Waals surface area contributed by atoms with E-state index in [2.05, 4.69) is 10.6 Å². The normalized spacial score (nSPS) is 12.3. The van der Waals surface area contributed by atoms with Crippen LogP contribution in [0.1, 0.15) is 37.9 Å². The van der Waals surface area contributed by atoms with Crippen LogP contribution in [-0.4, -0.2) is 52.6 Å². The summed E-state index contributed by atoms with van der Waals surface area (Å²) in [5, 5.41) is 5.71. The number of hydrogen-bond acceptors (Lipinski definition) is 5. The zero-order valence-corrected chi connectivity index (χ0v) is 20.2. The van der Waals surface area contributed by atoms with Gasteiger partial charge in [-0.15, -0.1) is 0 Å². The first-order chi connectivity index (χ1) is 15.3.